The first-order chi connectivity index (χ1) is 9.54. The van der Waals surface area contributed by atoms with E-state index < -0.39 is 17.5 Å². The van der Waals surface area contributed by atoms with Crippen LogP contribution in [0.1, 0.15) is 5.56 Å². The van der Waals surface area contributed by atoms with Crippen LogP contribution < -0.4 is 5.32 Å². The number of phenolic OH excluding ortho intramolecular Hbond substituents is 1. The first-order valence-corrected chi connectivity index (χ1v) is 5.78. The van der Waals surface area contributed by atoms with Crippen LogP contribution >= 0.6 is 0 Å². The molecule has 0 atom stereocenters. The van der Waals surface area contributed by atoms with Crippen molar-refractivity contribution in [3.05, 3.63) is 65.7 Å². The molecule has 0 radical (unpaired) electrons. The summed E-state index contributed by atoms with van der Waals surface area (Å²) in [4.78, 5) is 11.6. The van der Waals surface area contributed by atoms with E-state index in [0.29, 0.717) is 11.6 Å². The molecule has 0 unspecified atom stereocenters. The summed E-state index contributed by atoms with van der Waals surface area (Å²) in [6.07, 6.45) is 2.73. The minimum atomic E-state index is -0.837. The Morgan fingerprint density at radius 1 is 1.10 bits per heavy atom. The lowest BCUT2D eigenvalue weighted by molar-refractivity contribution is -0.111. The SMILES string of the molecule is O=C(/C=C/c1ccc(O)cc1)Nc1ccc(F)cc1F. The minimum absolute atomic E-state index is 0.0910. The van der Waals surface area contributed by atoms with Crippen molar-refractivity contribution in [3.63, 3.8) is 0 Å². The third-order valence-corrected chi connectivity index (χ3v) is 2.51. The van der Waals surface area contributed by atoms with Gasteiger partial charge in [-0.3, -0.25) is 4.79 Å². The van der Waals surface area contributed by atoms with Crippen LogP contribution in [0.15, 0.2) is 48.5 Å². The van der Waals surface area contributed by atoms with Gasteiger partial charge in [-0.15, -0.1) is 0 Å². The van der Waals surface area contributed by atoms with Gasteiger partial charge in [0.2, 0.25) is 5.91 Å². The van der Waals surface area contributed by atoms with E-state index in [4.69, 9.17) is 5.11 Å². The van der Waals surface area contributed by atoms with Crippen LogP contribution in [-0.4, -0.2) is 11.0 Å². The first-order valence-electron chi connectivity index (χ1n) is 5.78. The van der Waals surface area contributed by atoms with Gasteiger partial charge in [0.1, 0.15) is 17.4 Å². The second kappa shape index (κ2) is 5.97. The van der Waals surface area contributed by atoms with Crippen LogP contribution in [0, 0.1) is 11.6 Å². The standard InChI is InChI=1S/C15H11F2NO2/c16-11-4-7-14(13(17)9-11)18-15(20)8-3-10-1-5-12(19)6-2-10/h1-9,19H,(H,18,20)/b8-3+. The van der Waals surface area contributed by atoms with Crippen LogP contribution in [0.25, 0.3) is 6.08 Å². The summed E-state index contributed by atoms with van der Waals surface area (Å²) in [7, 11) is 0. The van der Waals surface area contributed by atoms with Crippen molar-refractivity contribution in [1.29, 1.82) is 0 Å². The molecular formula is C15H11F2NO2. The smallest absolute Gasteiger partial charge is 0.248 e. The molecule has 0 saturated carbocycles. The van der Waals surface area contributed by atoms with Gasteiger partial charge in [-0.1, -0.05) is 12.1 Å². The van der Waals surface area contributed by atoms with Gasteiger partial charge < -0.3 is 10.4 Å². The van der Waals surface area contributed by atoms with Gasteiger partial charge in [0.15, 0.2) is 0 Å². The highest BCUT2D eigenvalue weighted by Crippen LogP contribution is 2.15. The van der Waals surface area contributed by atoms with E-state index in [1.807, 2.05) is 0 Å². The second-order valence-corrected chi connectivity index (χ2v) is 4.04. The molecule has 102 valence electrons. The zero-order valence-corrected chi connectivity index (χ0v) is 10.3. The molecule has 3 nitrogen and oxygen atoms in total. The van der Waals surface area contributed by atoms with Crippen LogP contribution in [0.5, 0.6) is 5.75 Å². The summed E-state index contributed by atoms with van der Waals surface area (Å²) in [5, 5.41) is 11.4. The topological polar surface area (TPSA) is 49.3 Å². The van der Waals surface area contributed by atoms with E-state index in [2.05, 4.69) is 5.32 Å². The third kappa shape index (κ3) is 3.65. The number of rotatable bonds is 3. The average molecular weight is 275 g/mol. The average Bonchev–Trinajstić information content (AvgIpc) is 2.41. The number of carbonyl (C=O) groups excluding carboxylic acids is 1. The number of aromatic hydroxyl groups is 1. The number of hydrogen-bond acceptors (Lipinski definition) is 2. The Kier molecular flexibility index (Phi) is 4.10. The molecule has 0 bridgehead atoms. The van der Waals surface area contributed by atoms with Gasteiger partial charge in [0.25, 0.3) is 0 Å². The van der Waals surface area contributed by atoms with Crippen LogP contribution in [0.4, 0.5) is 14.5 Å². The Bertz CT molecular complexity index is 651. The molecule has 2 aromatic carbocycles. The molecule has 0 heterocycles. The van der Waals surface area contributed by atoms with Gasteiger partial charge in [-0.05, 0) is 35.9 Å². The monoisotopic (exact) mass is 275 g/mol. The fourth-order valence-electron chi connectivity index (χ4n) is 1.52. The molecule has 2 aromatic rings. The third-order valence-electron chi connectivity index (χ3n) is 2.51. The van der Waals surface area contributed by atoms with Gasteiger partial charge in [-0.25, -0.2) is 8.78 Å². The van der Waals surface area contributed by atoms with E-state index in [-0.39, 0.29) is 11.4 Å². The van der Waals surface area contributed by atoms with Crippen molar-refractivity contribution in [1.82, 2.24) is 0 Å². The summed E-state index contributed by atoms with van der Waals surface area (Å²) in [6, 6.07) is 9.11. The Morgan fingerprint density at radius 2 is 1.80 bits per heavy atom. The lowest BCUT2D eigenvalue weighted by Crippen LogP contribution is -2.09. The molecule has 5 heteroatoms. The first kappa shape index (κ1) is 13.7. The van der Waals surface area contributed by atoms with E-state index in [9.17, 15) is 13.6 Å². The zero-order chi connectivity index (χ0) is 14.5. The Hall–Kier alpha value is -2.69. The summed E-state index contributed by atoms with van der Waals surface area (Å²) in [5.41, 5.74) is 0.615. The molecular weight excluding hydrogens is 264 g/mol. The fraction of sp³-hybridized carbons (Fsp3) is 0. The van der Waals surface area contributed by atoms with Gasteiger partial charge in [-0.2, -0.15) is 0 Å². The second-order valence-electron chi connectivity index (χ2n) is 4.04. The molecule has 20 heavy (non-hydrogen) atoms. The maximum atomic E-state index is 13.3. The van der Waals surface area contributed by atoms with Crippen molar-refractivity contribution < 1.29 is 18.7 Å². The highest BCUT2D eigenvalue weighted by atomic mass is 19.1. The molecule has 0 fully saturated rings. The predicted molar refractivity (Wildman–Crippen MR) is 72.1 cm³/mol. The Balaban J connectivity index is 2.03. The Morgan fingerprint density at radius 3 is 2.45 bits per heavy atom. The van der Waals surface area contributed by atoms with Crippen molar-refractivity contribution in [3.8, 4) is 5.75 Å². The molecule has 0 spiro atoms. The maximum Gasteiger partial charge on any atom is 0.248 e. The normalized spacial score (nSPS) is 10.7. The predicted octanol–water partition coefficient (Wildman–Crippen LogP) is 3.32. The summed E-state index contributed by atoms with van der Waals surface area (Å²) >= 11 is 0. The van der Waals surface area contributed by atoms with Crippen LogP contribution in [0.2, 0.25) is 0 Å². The highest BCUT2D eigenvalue weighted by molar-refractivity contribution is 6.01. The minimum Gasteiger partial charge on any atom is -0.508 e. The van der Waals surface area contributed by atoms with Crippen molar-refractivity contribution in [2.24, 2.45) is 0 Å². The van der Waals surface area contributed by atoms with Crippen molar-refractivity contribution >= 4 is 17.7 Å². The highest BCUT2D eigenvalue weighted by Gasteiger charge is 2.05. The molecule has 0 aliphatic heterocycles. The van der Waals surface area contributed by atoms with Crippen molar-refractivity contribution in [2.45, 2.75) is 0 Å². The van der Waals surface area contributed by atoms with Crippen molar-refractivity contribution in [2.75, 3.05) is 5.32 Å². The molecule has 0 aromatic heterocycles. The molecule has 0 saturated heterocycles. The fourth-order valence-corrected chi connectivity index (χ4v) is 1.52. The molecule has 2 N–H and O–H groups in total. The largest absolute Gasteiger partial charge is 0.508 e. The molecule has 2 rings (SSSR count). The number of benzene rings is 2. The summed E-state index contributed by atoms with van der Waals surface area (Å²) < 4.78 is 26.0. The van der Waals surface area contributed by atoms with Gasteiger partial charge >= 0.3 is 0 Å². The van der Waals surface area contributed by atoms with Crippen LogP contribution in [0.3, 0.4) is 0 Å². The molecule has 0 aliphatic rings. The summed E-state index contributed by atoms with van der Waals surface area (Å²) in [6.45, 7) is 0. The van der Waals surface area contributed by atoms with E-state index in [1.165, 1.54) is 24.3 Å². The van der Waals surface area contributed by atoms with Crippen LogP contribution in [-0.2, 0) is 4.79 Å². The van der Waals surface area contributed by atoms with E-state index >= 15 is 0 Å². The molecule has 0 aliphatic carbocycles. The van der Waals surface area contributed by atoms with E-state index in [0.717, 1.165) is 12.1 Å². The number of carbonyl (C=O) groups is 1. The quantitative estimate of drug-likeness (QED) is 0.844. The lowest BCUT2D eigenvalue weighted by atomic mass is 10.2. The number of anilines is 1. The van der Waals surface area contributed by atoms with E-state index in [1.54, 1.807) is 12.1 Å². The Labute approximate surface area is 114 Å². The summed E-state index contributed by atoms with van der Waals surface area (Å²) in [5.74, 6) is -1.96. The number of hydrogen-bond donors (Lipinski definition) is 2. The zero-order valence-electron chi connectivity index (χ0n) is 10.3. The number of nitrogens with one attached hydrogen (secondary N) is 1. The maximum absolute atomic E-state index is 13.3. The van der Waals surface area contributed by atoms with Gasteiger partial charge in [0, 0.05) is 12.1 Å². The lowest BCUT2D eigenvalue weighted by Gasteiger charge is -2.03. The molecule has 1 amide bonds. The number of halogens is 2. The van der Waals surface area contributed by atoms with Gasteiger partial charge in [0.05, 0.1) is 5.69 Å². The number of amides is 1. The number of phenols is 1.